The summed E-state index contributed by atoms with van der Waals surface area (Å²) in [6.45, 7) is 16.9. The molecule has 2 nitrogen and oxygen atoms in total. The van der Waals surface area contributed by atoms with Crippen LogP contribution in [0.4, 0.5) is 0 Å². The maximum absolute atomic E-state index is 6.94. The second-order valence-electron chi connectivity index (χ2n) is 8.38. The zero-order valence-corrected chi connectivity index (χ0v) is 18.5. The van der Waals surface area contributed by atoms with Crippen LogP contribution in [0.2, 0.25) is 16.6 Å². The molecule has 0 amide bonds. The van der Waals surface area contributed by atoms with Crippen molar-refractivity contribution in [2.24, 2.45) is 5.92 Å². The fourth-order valence-electron chi connectivity index (χ4n) is 4.42. The van der Waals surface area contributed by atoms with E-state index in [9.17, 15) is 0 Å². The standard InChI is InChI=1S/C23H36O2Si/c1-17(2)26(18(3)4,19(5)6)25-23-15-16-24-22(20(23)7)14-13-21-11-9-8-10-12-21/h8-15,17-20,22H,16H2,1-7H3/b14-13+/t20-,22-/m1/s1. The molecule has 1 aromatic rings. The van der Waals surface area contributed by atoms with Gasteiger partial charge in [0.25, 0.3) is 8.32 Å². The minimum atomic E-state index is -1.92. The van der Waals surface area contributed by atoms with Gasteiger partial charge < -0.3 is 9.16 Å². The highest BCUT2D eigenvalue weighted by molar-refractivity contribution is 6.77. The molecule has 0 fully saturated rings. The van der Waals surface area contributed by atoms with Crippen molar-refractivity contribution in [3.05, 3.63) is 53.8 Å². The number of ether oxygens (including phenoxy) is 1. The Hall–Kier alpha value is -1.32. The van der Waals surface area contributed by atoms with Crippen LogP contribution in [-0.2, 0) is 9.16 Å². The topological polar surface area (TPSA) is 18.5 Å². The summed E-state index contributed by atoms with van der Waals surface area (Å²) in [6, 6.07) is 10.4. The highest BCUT2D eigenvalue weighted by Crippen LogP contribution is 2.45. The lowest BCUT2D eigenvalue weighted by molar-refractivity contribution is 0.0495. The van der Waals surface area contributed by atoms with Gasteiger partial charge in [0, 0.05) is 5.92 Å². The Morgan fingerprint density at radius 2 is 1.58 bits per heavy atom. The van der Waals surface area contributed by atoms with Crippen molar-refractivity contribution in [1.82, 2.24) is 0 Å². The number of rotatable bonds is 7. The Kier molecular flexibility index (Phi) is 7.30. The molecule has 1 aliphatic heterocycles. The van der Waals surface area contributed by atoms with Crippen molar-refractivity contribution in [3.8, 4) is 0 Å². The van der Waals surface area contributed by atoms with Crippen LogP contribution in [0.3, 0.4) is 0 Å². The van der Waals surface area contributed by atoms with Gasteiger partial charge in [-0.25, -0.2) is 0 Å². The van der Waals surface area contributed by atoms with Gasteiger partial charge in [-0.05, 0) is 28.3 Å². The predicted octanol–water partition coefficient (Wildman–Crippen LogP) is 6.81. The fourth-order valence-corrected chi connectivity index (χ4v) is 9.80. The lowest BCUT2D eigenvalue weighted by Crippen LogP contribution is -2.49. The molecular weight excluding hydrogens is 336 g/mol. The molecule has 0 N–H and O–H groups in total. The van der Waals surface area contributed by atoms with Crippen molar-refractivity contribution in [2.75, 3.05) is 6.61 Å². The molecule has 1 heterocycles. The maximum Gasteiger partial charge on any atom is 0.258 e. The molecule has 0 radical (unpaired) electrons. The second kappa shape index (κ2) is 9.05. The van der Waals surface area contributed by atoms with E-state index >= 15 is 0 Å². The van der Waals surface area contributed by atoms with Crippen LogP contribution in [-0.4, -0.2) is 21.0 Å². The van der Waals surface area contributed by atoms with Crippen molar-refractivity contribution >= 4 is 14.4 Å². The summed E-state index contributed by atoms with van der Waals surface area (Å²) in [7, 11) is -1.92. The van der Waals surface area contributed by atoms with Crippen molar-refractivity contribution in [3.63, 3.8) is 0 Å². The smallest absolute Gasteiger partial charge is 0.258 e. The van der Waals surface area contributed by atoms with Gasteiger partial charge in [-0.3, -0.25) is 0 Å². The molecule has 0 saturated carbocycles. The summed E-state index contributed by atoms with van der Waals surface area (Å²) in [5.41, 5.74) is 2.95. The Balaban J connectivity index is 2.19. The van der Waals surface area contributed by atoms with Gasteiger partial charge in [0.1, 0.15) is 0 Å². The Morgan fingerprint density at radius 3 is 2.12 bits per heavy atom. The summed E-state index contributed by atoms with van der Waals surface area (Å²) in [5, 5.41) is 0. The monoisotopic (exact) mass is 372 g/mol. The molecule has 1 aromatic carbocycles. The van der Waals surface area contributed by atoms with E-state index in [0.717, 1.165) is 5.76 Å². The van der Waals surface area contributed by atoms with Crippen LogP contribution in [0.1, 0.15) is 54.0 Å². The number of hydrogen-bond donors (Lipinski definition) is 0. The molecule has 0 aromatic heterocycles. The first-order chi connectivity index (χ1) is 12.3. The highest BCUT2D eigenvalue weighted by Gasteiger charge is 2.48. The van der Waals surface area contributed by atoms with E-state index in [2.05, 4.69) is 91.0 Å². The average Bonchev–Trinajstić information content (AvgIpc) is 2.59. The quantitative estimate of drug-likeness (QED) is 0.489. The third-order valence-corrected chi connectivity index (χ3v) is 11.8. The molecule has 144 valence electrons. The van der Waals surface area contributed by atoms with E-state index in [0.29, 0.717) is 23.2 Å². The lowest BCUT2D eigenvalue weighted by atomic mass is 9.99. The average molecular weight is 373 g/mol. The predicted molar refractivity (Wildman–Crippen MR) is 115 cm³/mol. The third kappa shape index (κ3) is 4.50. The molecule has 0 bridgehead atoms. The lowest BCUT2D eigenvalue weighted by Gasteiger charge is -2.45. The third-order valence-electron chi connectivity index (χ3n) is 5.79. The van der Waals surface area contributed by atoms with E-state index in [-0.39, 0.29) is 12.0 Å². The fraction of sp³-hybridized carbons (Fsp3) is 0.565. The SMILES string of the molecule is CC(C)[Si](OC1=CCO[C@H](/C=C/c2ccccc2)[C@H]1C)(C(C)C)C(C)C. The van der Waals surface area contributed by atoms with Gasteiger partial charge in [-0.15, -0.1) is 0 Å². The summed E-state index contributed by atoms with van der Waals surface area (Å²) in [5.74, 6) is 1.38. The van der Waals surface area contributed by atoms with Crippen molar-refractivity contribution in [1.29, 1.82) is 0 Å². The molecule has 3 heteroatoms. The molecule has 0 saturated heterocycles. The maximum atomic E-state index is 6.94. The van der Waals surface area contributed by atoms with Crippen LogP contribution in [0.5, 0.6) is 0 Å². The molecule has 0 unspecified atom stereocenters. The first kappa shape index (κ1) is 21.0. The van der Waals surface area contributed by atoms with Crippen LogP contribution >= 0.6 is 0 Å². The summed E-state index contributed by atoms with van der Waals surface area (Å²) >= 11 is 0. The van der Waals surface area contributed by atoms with E-state index < -0.39 is 8.32 Å². The van der Waals surface area contributed by atoms with E-state index in [1.54, 1.807) is 0 Å². The largest absolute Gasteiger partial charge is 0.546 e. The van der Waals surface area contributed by atoms with Crippen molar-refractivity contribution in [2.45, 2.75) is 71.2 Å². The Bertz CT molecular complexity index is 595. The zero-order valence-electron chi connectivity index (χ0n) is 17.5. The molecule has 2 rings (SSSR count). The Morgan fingerprint density at radius 1 is 1.00 bits per heavy atom. The summed E-state index contributed by atoms with van der Waals surface area (Å²) in [6.07, 6.45) is 6.56. The molecule has 2 atom stereocenters. The first-order valence-corrected chi connectivity index (χ1v) is 12.2. The summed E-state index contributed by atoms with van der Waals surface area (Å²) in [4.78, 5) is 0. The van der Waals surface area contributed by atoms with Crippen LogP contribution < -0.4 is 0 Å². The first-order valence-electron chi connectivity index (χ1n) is 10.0. The van der Waals surface area contributed by atoms with Gasteiger partial charge in [0.05, 0.1) is 18.5 Å². The van der Waals surface area contributed by atoms with E-state index in [1.807, 2.05) is 6.07 Å². The summed E-state index contributed by atoms with van der Waals surface area (Å²) < 4.78 is 13.0. The zero-order chi connectivity index (χ0) is 19.3. The second-order valence-corrected chi connectivity index (χ2v) is 13.8. The van der Waals surface area contributed by atoms with Gasteiger partial charge in [0.15, 0.2) is 0 Å². The number of benzene rings is 1. The molecule has 26 heavy (non-hydrogen) atoms. The highest BCUT2D eigenvalue weighted by atomic mass is 28.4. The van der Waals surface area contributed by atoms with E-state index in [4.69, 9.17) is 9.16 Å². The normalized spacial score (nSPS) is 21.7. The molecule has 1 aliphatic rings. The Labute approximate surface area is 161 Å². The minimum absolute atomic E-state index is 0.0633. The molecule has 0 spiro atoms. The van der Waals surface area contributed by atoms with E-state index in [1.165, 1.54) is 5.56 Å². The molecular formula is C23H36O2Si. The van der Waals surface area contributed by atoms with Gasteiger partial charge in [0.2, 0.25) is 0 Å². The van der Waals surface area contributed by atoms with Crippen LogP contribution in [0.15, 0.2) is 48.2 Å². The van der Waals surface area contributed by atoms with Gasteiger partial charge in [-0.1, -0.05) is 91.0 Å². The number of hydrogen-bond acceptors (Lipinski definition) is 2. The van der Waals surface area contributed by atoms with Crippen LogP contribution in [0, 0.1) is 5.92 Å². The molecule has 0 aliphatic carbocycles. The van der Waals surface area contributed by atoms with Gasteiger partial charge >= 0.3 is 0 Å². The minimum Gasteiger partial charge on any atom is -0.546 e. The van der Waals surface area contributed by atoms with Crippen molar-refractivity contribution < 1.29 is 9.16 Å². The van der Waals surface area contributed by atoms with Gasteiger partial charge in [-0.2, -0.15) is 0 Å². The van der Waals surface area contributed by atoms with Crippen LogP contribution in [0.25, 0.3) is 6.08 Å².